The number of hydrogen-bond acceptors (Lipinski definition) is 4. The fourth-order valence-corrected chi connectivity index (χ4v) is 2.98. The van der Waals surface area contributed by atoms with Gasteiger partial charge >= 0.3 is 6.03 Å². The molecule has 1 heterocycles. The van der Waals surface area contributed by atoms with Gasteiger partial charge in [-0.3, -0.25) is 0 Å². The van der Waals surface area contributed by atoms with E-state index in [9.17, 15) is 4.79 Å². The van der Waals surface area contributed by atoms with Crippen molar-refractivity contribution in [3.05, 3.63) is 24.3 Å². The second-order valence-electron chi connectivity index (χ2n) is 6.78. The molecule has 1 saturated heterocycles. The highest BCUT2D eigenvalue weighted by molar-refractivity contribution is 5.74. The highest BCUT2D eigenvalue weighted by atomic mass is 16.5. The van der Waals surface area contributed by atoms with Crippen LogP contribution in [0.4, 0.5) is 10.5 Å². The third-order valence-electron chi connectivity index (χ3n) is 4.80. The van der Waals surface area contributed by atoms with Gasteiger partial charge in [0.1, 0.15) is 5.75 Å². The van der Waals surface area contributed by atoms with Crippen molar-refractivity contribution in [2.75, 3.05) is 57.9 Å². The summed E-state index contributed by atoms with van der Waals surface area (Å²) in [4.78, 5) is 16.4. The molecule has 0 aromatic heterocycles. The maximum absolute atomic E-state index is 12.2. The Labute approximate surface area is 150 Å². The Morgan fingerprint density at radius 3 is 2.52 bits per heavy atom. The number of carbonyl (C=O) groups is 1. The molecule has 6 heteroatoms. The van der Waals surface area contributed by atoms with Gasteiger partial charge in [-0.1, -0.05) is 0 Å². The number of piperazine rings is 1. The number of anilines is 1. The van der Waals surface area contributed by atoms with E-state index < -0.39 is 0 Å². The van der Waals surface area contributed by atoms with Gasteiger partial charge in [-0.25, -0.2) is 4.79 Å². The molecular formula is C19H29N3O3. The minimum atomic E-state index is 0.0385. The molecule has 0 radical (unpaired) electrons. The van der Waals surface area contributed by atoms with Gasteiger partial charge in [0.25, 0.3) is 0 Å². The van der Waals surface area contributed by atoms with Crippen molar-refractivity contribution in [2.24, 2.45) is 5.92 Å². The number of rotatable bonds is 8. The van der Waals surface area contributed by atoms with E-state index in [1.807, 2.05) is 17.0 Å². The molecule has 0 spiro atoms. The number of carbonyl (C=O) groups excluding carboxylic acids is 1. The van der Waals surface area contributed by atoms with Crippen LogP contribution in [0.2, 0.25) is 0 Å². The van der Waals surface area contributed by atoms with Gasteiger partial charge in [-0.2, -0.15) is 0 Å². The van der Waals surface area contributed by atoms with Crippen molar-refractivity contribution in [3.8, 4) is 5.75 Å². The molecule has 2 amide bonds. The zero-order valence-electron chi connectivity index (χ0n) is 15.1. The van der Waals surface area contributed by atoms with Crippen LogP contribution in [-0.2, 0) is 4.74 Å². The monoisotopic (exact) mass is 347 g/mol. The highest BCUT2D eigenvalue weighted by Gasteiger charge is 2.22. The number of amides is 2. The van der Waals surface area contributed by atoms with Gasteiger partial charge in [0, 0.05) is 51.6 Å². The molecule has 0 bridgehead atoms. The normalized spacial score (nSPS) is 17.5. The van der Waals surface area contributed by atoms with Gasteiger partial charge in [-0.15, -0.1) is 0 Å². The van der Waals surface area contributed by atoms with Gasteiger partial charge in [0.2, 0.25) is 0 Å². The fraction of sp³-hybridized carbons (Fsp3) is 0.632. The predicted molar refractivity (Wildman–Crippen MR) is 98.3 cm³/mol. The van der Waals surface area contributed by atoms with Crippen molar-refractivity contribution in [3.63, 3.8) is 0 Å². The van der Waals surface area contributed by atoms with Crippen LogP contribution in [0.1, 0.15) is 19.3 Å². The number of ether oxygens (including phenoxy) is 2. The summed E-state index contributed by atoms with van der Waals surface area (Å²) in [5.74, 6) is 1.67. The number of urea groups is 1. The van der Waals surface area contributed by atoms with E-state index in [0.29, 0.717) is 6.54 Å². The predicted octanol–water partition coefficient (Wildman–Crippen LogP) is 2.34. The second-order valence-corrected chi connectivity index (χ2v) is 6.78. The molecule has 0 unspecified atom stereocenters. The molecule has 1 aliphatic carbocycles. The molecule has 1 saturated carbocycles. The lowest BCUT2D eigenvalue weighted by atomic mass is 10.2. The standard InChI is InChI=1S/C19H29N3O3/c1-24-18-7-5-17(6-8-18)21-10-12-22(13-11-21)19(23)20-9-2-14-25-15-16-3-4-16/h5-8,16H,2-4,9-15H2,1H3,(H,20,23). The lowest BCUT2D eigenvalue weighted by molar-refractivity contribution is 0.121. The molecule has 1 aromatic carbocycles. The van der Waals surface area contributed by atoms with Crippen LogP contribution in [-0.4, -0.2) is 64.0 Å². The summed E-state index contributed by atoms with van der Waals surface area (Å²) in [5.41, 5.74) is 1.17. The Hall–Kier alpha value is -1.95. The summed E-state index contributed by atoms with van der Waals surface area (Å²) >= 11 is 0. The van der Waals surface area contributed by atoms with E-state index >= 15 is 0 Å². The molecule has 25 heavy (non-hydrogen) atoms. The third-order valence-corrected chi connectivity index (χ3v) is 4.80. The Morgan fingerprint density at radius 1 is 1.16 bits per heavy atom. The lowest BCUT2D eigenvalue weighted by Crippen LogP contribution is -2.52. The Bertz CT molecular complexity index is 537. The molecule has 0 atom stereocenters. The van der Waals surface area contributed by atoms with Crippen molar-refractivity contribution in [2.45, 2.75) is 19.3 Å². The zero-order chi connectivity index (χ0) is 17.5. The Balaban J connectivity index is 1.31. The maximum Gasteiger partial charge on any atom is 0.317 e. The molecule has 2 aliphatic rings. The molecule has 138 valence electrons. The van der Waals surface area contributed by atoms with E-state index in [1.54, 1.807) is 7.11 Å². The van der Waals surface area contributed by atoms with Crippen LogP contribution >= 0.6 is 0 Å². The van der Waals surface area contributed by atoms with E-state index in [2.05, 4.69) is 22.3 Å². The Kier molecular flexibility index (Phi) is 6.39. The van der Waals surface area contributed by atoms with E-state index in [-0.39, 0.29) is 6.03 Å². The zero-order valence-corrected chi connectivity index (χ0v) is 15.1. The lowest BCUT2D eigenvalue weighted by Gasteiger charge is -2.36. The molecular weight excluding hydrogens is 318 g/mol. The minimum Gasteiger partial charge on any atom is -0.497 e. The number of nitrogens with zero attached hydrogens (tertiary/aromatic N) is 2. The molecule has 6 nitrogen and oxygen atoms in total. The van der Waals surface area contributed by atoms with Crippen LogP contribution < -0.4 is 15.0 Å². The van der Waals surface area contributed by atoms with Gasteiger partial charge < -0.3 is 24.6 Å². The van der Waals surface area contributed by atoms with Crippen molar-refractivity contribution in [1.29, 1.82) is 0 Å². The molecule has 1 aromatic rings. The maximum atomic E-state index is 12.2. The summed E-state index contributed by atoms with van der Waals surface area (Å²) in [6.07, 6.45) is 3.52. The first kappa shape index (κ1) is 17.9. The van der Waals surface area contributed by atoms with Crippen molar-refractivity contribution in [1.82, 2.24) is 10.2 Å². The van der Waals surface area contributed by atoms with Crippen molar-refractivity contribution < 1.29 is 14.3 Å². The summed E-state index contributed by atoms with van der Waals surface area (Å²) in [6, 6.07) is 8.11. The smallest absolute Gasteiger partial charge is 0.317 e. The first-order valence-corrected chi connectivity index (χ1v) is 9.26. The van der Waals surface area contributed by atoms with Gasteiger partial charge in [-0.05, 0) is 49.4 Å². The number of nitrogens with one attached hydrogen (secondary N) is 1. The van der Waals surface area contributed by atoms with Gasteiger partial charge in [0.15, 0.2) is 0 Å². The van der Waals surface area contributed by atoms with E-state index in [0.717, 1.165) is 57.5 Å². The summed E-state index contributed by atoms with van der Waals surface area (Å²) in [6.45, 7) is 5.51. The quantitative estimate of drug-likeness (QED) is 0.734. The van der Waals surface area contributed by atoms with Crippen LogP contribution in [0, 0.1) is 5.92 Å². The molecule has 1 aliphatic heterocycles. The SMILES string of the molecule is COc1ccc(N2CCN(C(=O)NCCCOCC3CC3)CC2)cc1. The number of methoxy groups -OCH3 is 1. The first-order chi connectivity index (χ1) is 12.3. The van der Waals surface area contributed by atoms with Crippen LogP contribution in [0.15, 0.2) is 24.3 Å². The summed E-state index contributed by atoms with van der Waals surface area (Å²) in [7, 11) is 1.67. The van der Waals surface area contributed by atoms with Gasteiger partial charge in [0.05, 0.1) is 7.11 Å². The molecule has 2 fully saturated rings. The van der Waals surface area contributed by atoms with E-state index in [1.165, 1.54) is 18.5 Å². The average molecular weight is 347 g/mol. The van der Waals surface area contributed by atoms with E-state index in [4.69, 9.17) is 9.47 Å². The van der Waals surface area contributed by atoms with Crippen LogP contribution in [0.3, 0.4) is 0 Å². The second kappa shape index (κ2) is 8.94. The largest absolute Gasteiger partial charge is 0.497 e. The van der Waals surface area contributed by atoms with Crippen LogP contribution in [0.25, 0.3) is 0 Å². The number of hydrogen-bond donors (Lipinski definition) is 1. The summed E-state index contributed by atoms with van der Waals surface area (Å²) in [5, 5.41) is 3.00. The minimum absolute atomic E-state index is 0.0385. The number of benzene rings is 1. The fourth-order valence-electron chi connectivity index (χ4n) is 2.98. The first-order valence-electron chi connectivity index (χ1n) is 9.26. The third kappa shape index (κ3) is 5.53. The topological polar surface area (TPSA) is 54.0 Å². The highest BCUT2D eigenvalue weighted by Crippen LogP contribution is 2.28. The van der Waals surface area contributed by atoms with Crippen LogP contribution in [0.5, 0.6) is 5.75 Å². The summed E-state index contributed by atoms with van der Waals surface area (Å²) < 4.78 is 10.8. The molecule has 3 rings (SSSR count). The Morgan fingerprint density at radius 2 is 1.88 bits per heavy atom. The molecule has 1 N–H and O–H groups in total. The average Bonchev–Trinajstić information content (AvgIpc) is 3.49. The van der Waals surface area contributed by atoms with Crippen molar-refractivity contribution >= 4 is 11.7 Å².